The zero-order valence-corrected chi connectivity index (χ0v) is 20.0. The third-order valence-corrected chi connectivity index (χ3v) is 8.49. The lowest BCUT2D eigenvalue weighted by atomic mass is 9.99. The van der Waals surface area contributed by atoms with Gasteiger partial charge in [-0.15, -0.1) is 24.0 Å². The van der Waals surface area contributed by atoms with E-state index in [1.165, 1.54) is 0 Å². The second-order valence-corrected chi connectivity index (χ2v) is 10.2. The Bertz CT molecular complexity index is 546. The maximum atomic E-state index is 11.9. The van der Waals surface area contributed by atoms with Crippen LogP contribution >= 0.6 is 35.7 Å². The molecule has 0 aliphatic carbocycles. The van der Waals surface area contributed by atoms with Gasteiger partial charge in [0.05, 0.1) is 5.75 Å². The Morgan fingerprint density at radius 3 is 2.42 bits per heavy atom. The van der Waals surface area contributed by atoms with E-state index in [0.717, 1.165) is 51.4 Å². The number of ether oxygens (including phenoxy) is 1. The van der Waals surface area contributed by atoms with Gasteiger partial charge in [-0.2, -0.15) is 11.8 Å². The van der Waals surface area contributed by atoms with Crippen LogP contribution in [0.5, 0.6) is 0 Å². The highest BCUT2D eigenvalue weighted by Crippen LogP contribution is 2.32. The fraction of sp³-hybridized carbons (Fsp3) is 0.938. The molecular weight excluding hydrogens is 487 g/mol. The second kappa shape index (κ2) is 11.3. The molecule has 0 radical (unpaired) electrons. The minimum atomic E-state index is -3.07. The van der Waals surface area contributed by atoms with Gasteiger partial charge in [-0.3, -0.25) is 4.99 Å². The number of nitrogens with one attached hydrogen (secondary N) is 2. The molecule has 0 aromatic heterocycles. The van der Waals surface area contributed by atoms with Crippen LogP contribution in [0.3, 0.4) is 0 Å². The van der Waals surface area contributed by atoms with E-state index < -0.39 is 10.0 Å². The lowest BCUT2D eigenvalue weighted by molar-refractivity contribution is 0.0782. The third-order valence-electron chi connectivity index (χ3n) is 5.19. The number of halogens is 1. The number of thioether (sulfide) groups is 1. The average Bonchev–Trinajstić information content (AvgIpc) is 2.66. The first-order chi connectivity index (χ1) is 11.9. The molecule has 0 unspecified atom stereocenters. The molecule has 7 nitrogen and oxygen atoms in total. The van der Waals surface area contributed by atoms with Crippen LogP contribution in [0.2, 0.25) is 0 Å². The van der Waals surface area contributed by atoms with Gasteiger partial charge in [0, 0.05) is 50.7 Å². The number of piperidine rings is 1. The van der Waals surface area contributed by atoms with Gasteiger partial charge < -0.3 is 15.4 Å². The summed E-state index contributed by atoms with van der Waals surface area (Å²) in [6.07, 6.45) is 5.87. The Hall–Kier alpha value is 0.220. The molecule has 2 N–H and O–H groups in total. The Morgan fingerprint density at radius 1 is 1.31 bits per heavy atom. The van der Waals surface area contributed by atoms with E-state index in [4.69, 9.17) is 4.74 Å². The van der Waals surface area contributed by atoms with Gasteiger partial charge in [-0.05, 0) is 38.9 Å². The number of nitrogens with zero attached hydrogens (tertiary/aromatic N) is 2. The zero-order chi connectivity index (χ0) is 18.3. The highest BCUT2D eigenvalue weighted by molar-refractivity contribution is 14.0. The van der Waals surface area contributed by atoms with Crippen molar-refractivity contribution < 1.29 is 13.2 Å². The first-order valence-corrected chi connectivity index (χ1v) is 11.9. The molecule has 0 aromatic carbocycles. The Kier molecular flexibility index (Phi) is 10.5. The van der Waals surface area contributed by atoms with E-state index in [1.54, 1.807) is 18.3 Å². The number of sulfonamides is 1. The lowest BCUT2D eigenvalue weighted by Crippen LogP contribution is -2.52. The maximum Gasteiger partial charge on any atom is 0.213 e. The van der Waals surface area contributed by atoms with Crippen LogP contribution in [0.1, 0.15) is 32.6 Å². The van der Waals surface area contributed by atoms with E-state index in [0.29, 0.717) is 13.1 Å². The topological polar surface area (TPSA) is 83.0 Å². The molecule has 0 aromatic rings. The van der Waals surface area contributed by atoms with Gasteiger partial charge in [0.15, 0.2) is 5.96 Å². The van der Waals surface area contributed by atoms with Crippen LogP contribution < -0.4 is 10.6 Å². The van der Waals surface area contributed by atoms with E-state index >= 15 is 0 Å². The quantitative estimate of drug-likeness (QED) is 0.314. The molecule has 154 valence electrons. The number of hydrogen-bond acceptors (Lipinski definition) is 5. The molecule has 2 aliphatic heterocycles. The van der Waals surface area contributed by atoms with Crippen LogP contribution in [0, 0.1) is 0 Å². The van der Waals surface area contributed by atoms with Crippen molar-refractivity contribution in [2.24, 2.45) is 4.99 Å². The summed E-state index contributed by atoms with van der Waals surface area (Å²) < 4.78 is 31.2. The van der Waals surface area contributed by atoms with Crippen molar-refractivity contribution in [1.29, 1.82) is 0 Å². The van der Waals surface area contributed by atoms with Gasteiger partial charge in [0.2, 0.25) is 10.0 Å². The number of hydrogen-bond donors (Lipinski definition) is 2. The van der Waals surface area contributed by atoms with Crippen molar-refractivity contribution in [2.75, 3.05) is 51.9 Å². The largest absolute Gasteiger partial charge is 0.381 e. The Balaban J connectivity index is 0.00000338. The van der Waals surface area contributed by atoms with Crippen molar-refractivity contribution in [1.82, 2.24) is 14.9 Å². The maximum absolute atomic E-state index is 11.9. The molecule has 0 spiro atoms. The predicted molar refractivity (Wildman–Crippen MR) is 120 cm³/mol. The predicted octanol–water partition coefficient (Wildman–Crippen LogP) is 1.50. The molecule has 2 rings (SSSR count). The third kappa shape index (κ3) is 6.68. The van der Waals surface area contributed by atoms with Gasteiger partial charge in [0.25, 0.3) is 0 Å². The van der Waals surface area contributed by atoms with Crippen LogP contribution in [0.25, 0.3) is 0 Å². The van der Waals surface area contributed by atoms with E-state index in [9.17, 15) is 8.42 Å². The standard InChI is InChI=1S/C16H32N4O3S2.HI/c1-4-25(21,22)20-9-5-14(6-10-20)19-15(17-2)18-13-16(24-3)7-11-23-12-8-16;/h14H,4-13H2,1-3H3,(H2,17,18,19);1H. The SMILES string of the molecule is CCS(=O)(=O)N1CCC(NC(=NC)NCC2(SC)CCOCC2)CC1.I. The molecular formula is C16H33IN4O3S2. The van der Waals surface area contributed by atoms with Crippen LogP contribution in [0.15, 0.2) is 4.99 Å². The molecule has 0 amide bonds. The number of guanidine groups is 1. The van der Waals surface area contributed by atoms with Gasteiger partial charge in [-0.25, -0.2) is 12.7 Å². The number of rotatable bonds is 6. The average molecular weight is 521 g/mol. The lowest BCUT2D eigenvalue weighted by Gasteiger charge is -2.37. The summed E-state index contributed by atoms with van der Waals surface area (Å²) in [5, 5.41) is 6.91. The van der Waals surface area contributed by atoms with Gasteiger partial charge >= 0.3 is 0 Å². The normalized spacial score (nSPS) is 22.5. The molecule has 2 aliphatic rings. The molecule has 2 fully saturated rings. The molecule has 0 saturated carbocycles. The highest BCUT2D eigenvalue weighted by Gasteiger charge is 2.32. The first-order valence-electron chi connectivity index (χ1n) is 9.02. The molecule has 10 heteroatoms. The van der Waals surface area contributed by atoms with E-state index in [2.05, 4.69) is 21.9 Å². The van der Waals surface area contributed by atoms with Crippen molar-refractivity contribution in [2.45, 2.75) is 43.4 Å². The van der Waals surface area contributed by atoms with Crippen molar-refractivity contribution in [3.8, 4) is 0 Å². The fourth-order valence-electron chi connectivity index (χ4n) is 3.29. The minimum absolute atomic E-state index is 0. The van der Waals surface area contributed by atoms with Gasteiger partial charge in [0.1, 0.15) is 0 Å². The second-order valence-electron chi connectivity index (χ2n) is 6.64. The smallest absolute Gasteiger partial charge is 0.213 e. The molecule has 2 saturated heterocycles. The summed E-state index contributed by atoms with van der Waals surface area (Å²) in [5.74, 6) is 0.978. The zero-order valence-electron chi connectivity index (χ0n) is 16.0. The summed E-state index contributed by atoms with van der Waals surface area (Å²) in [6.45, 7) is 5.36. The summed E-state index contributed by atoms with van der Waals surface area (Å²) in [4.78, 5) is 4.34. The van der Waals surface area contributed by atoms with Crippen LogP contribution in [0.4, 0.5) is 0 Å². The van der Waals surface area contributed by atoms with Crippen molar-refractivity contribution in [3.63, 3.8) is 0 Å². The summed E-state index contributed by atoms with van der Waals surface area (Å²) in [7, 11) is -1.29. The van der Waals surface area contributed by atoms with Gasteiger partial charge in [-0.1, -0.05) is 0 Å². The summed E-state index contributed by atoms with van der Waals surface area (Å²) in [6, 6.07) is 0.259. The highest BCUT2D eigenvalue weighted by atomic mass is 127. The van der Waals surface area contributed by atoms with Crippen LogP contribution in [-0.4, -0.2) is 81.4 Å². The molecule has 26 heavy (non-hydrogen) atoms. The van der Waals surface area contributed by atoms with Crippen molar-refractivity contribution in [3.05, 3.63) is 0 Å². The van der Waals surface area contributed by atoms with E-state index in [1.807, 2.05) is 11.8 Å². The minimum Gasteiger partial charge on any atom is -0.381 e. The summed E-state index contributed by atoms with van der Waals surface area (Å²) >= 11 is 1.90. The van der Waals surface area contributed by atoms with Crippen LogP contribution in [-0.2, 0) is 14.8 Å². The first kappa shape index (κ1) is 24.3. The Labute approximate surface area is 179 Å². The summed E-state index contributed by atoms with van der Waals surface area (Å²) in [5.41, 5.74) is 0. The molecule has 0 atom stereocenters. The number of aliphatic imine (C=N–C) groups is 1. The van der Waals surface area contributed by atoms with Crippen molar-refractivity contribution >= 4 is 51.7 Å². The Morgan fingerprint density at radius 2 is 1.92 bits per heavy atom. The monoisotopic (exact) mass is 520 g/mol. The molecule has 0 bridgehead atoms. The fourth-order valence-corrected chi connectivity index (χ4v) is 5.21. The molecule has 2 heterocycles. The van der Waals surface area contributed by atoms with E-state index in [-0.39, 0.29) is 40.5 Å².